The lowest BCUT2D eigenvalue weighted by Crippen LogP contribution is -1.96. The molecule has 5 heteroatoms. The van der Waals surface area contributed by atoms with Gasteiger partial charge in [0, 0.05) is 0 Å². The molecule has 0 unspecified atom stereocenters. The Morgan fingerprint density at radius 2 is 1.81 bits per heavy atom. The predicted molar refractivity (Wildman–Crippen MR) is 61.3 cm³/mol. The number of rotatable bonds is 2. The van der Waals surface area contributed by atoms with Crippen molar-refractivity contribution >= 4 is 34.2 Å². The Bertz CT molecular complexity index is 581. The fourth-order valence-corrected chi connectivity index (χ4v) is 1.60. The summed E-state index contributed by atoms with van der Waals surface area (Å²) < 4.78 is 3.09. The van der Waals surface area contributed by atoms with Crippen LogP contribution in [0.15, 0.2) is 46.1 Å². The first kappa shape index (κ1) is 10.6. The molecule has 2 rings (SSSR count). The number of carboxylic acids is 1. The molecule has 0 heterocycles. The number of benzene rings is 2. The average molecular weight is 235 g/mol. The van der Waals surface area contributed by atoms with Crippen molar-refractivity contribution in [2.75, 3.05) is 0 Å². The van der Waals surface area contributed by atoms with Gasteiger partial charge in [-0.15, -0.1) is 5.11 Å². The van der Waals surface area contributed by atoms with Crippen LogP contribution in [0.3, 0.4) is 0 Å². The summed E-state index contributed by atoms with van der Waals surface area (Å²) in [4.78, 5) is 11.0. The number of nitrogens with zero attached hydrogens (tertiary/aromatic N) is 2. The summed E-state index contributed by atoms with van der Waals surface area (Å²) in [6, 6.07) is 10.6. The van der Waals surface area contributed by atoms with Gasteiger partial charge in [0.2, 0.25) is 0 Å². The fraction of sp³-hybridized carbons (Fsp3) is 0. The lowest BCUT2D eigenvalue weighted by Gasteiger charge is -2.02. The van der Waals surface area contributed by atoms with Gasteiger partial charge >= 0.3 is 5.97 Å². The summed E-state index contributed by atoms with van der Waals surface area (Å²) in [5.74, 6) is -1.05. The second kappa shape index (κ2) is 4.28. The van der Waals surface area contributed by atoms with Crippen molar-refractivity contribution in [1.29, 1.82) is 0 Å². The number of halogens is 1. The van der Waals surface area contributed by atoms with Gasteiger partial charge in [0.05, 0.1) is 17.3 Å². The van der Waals surface area contributed by atoms with Crippen molar-refractivity contribution in [3.63, 3.8) is 0 Å². The largest absolute Gasteiger partial charge is 0.478 e. The van der Waals surface area contributed by atoms with Crippen molar-refractivity contribution in [3.05, 3.63) is 42.0 Å². The molecule has 2 aromatic rings. The summed E-state index contributed by atoms with van der Waals surface area (Å²) in [7, 11) is 0. The van der Waals surface area contributed by atoms with Crippen LogP contribution in [0.4, 0.5) is 5.69 Å². The monoisotopic (exact) mass is 234 g/mol. The van der Waals surface area contributed by atoms with Crippen LogP contribution in [-0.4, -0.2) is 11.1 Å². The van der Waals surface area contributed by atoms with Gasteiger partial charge in [0.1, 0.15) is 5.69 Å². The van der Waals surface area contributed by atoms with Gasteiger partial charge in [-0.2, -0.15) is 0 Å². The van der Waals surface area contributed by atoms with E-state index in [1.807, 2.05) is 24.3 Å². The zero-order chi connectivity index (χ0) is 11.5. The van der Waals surface area contributed by atoms with Crippen LogP contribution >= 0.6 is 11.8 Å². The molecule has 0 fully saturated rings. The van der Waals surface area contributed by atoms with Crippen molar-refractivity contribution in [2.45, 2.75) is 0 Å². The second-order valence-electron chi connectivity index (χ2n) is 3.20. The van der Waals surface area contributed by atoms with E-state index >= 15 is 0 Å². The first-order chi connectivity index (χ1) is 7.72. The van der Waals surface area contributed by atoms with E-state index in [0.717, 1.165) is 10.8 Å². The Labute approximate surface area is 96.3 Å². The van der Waals surface area contributed by atoms with E-state index in [9.17, 15) is 4.79 Å². The molecule has 0 aliphatic heterocycles. The predicted octanol–water partition coefficient (Wildman–Crippen LogP) is 3.78. The number of aromatic carboxylic acids is 1. The average Bonchev–Trinajstić information content (AvgIpc) is 2.28. The van der Waals surface area contributed by atoms with Crippen LogP contribution in [0.1, 0.15) is 10.4 Å². The van der Waals surface area contributed by atoms with E-state index in [-0.39, 0.29) is 11.3 Å². The van der Waals surface area contributed by atoms with E-state index in [1.165, 1.54) is 0 Å². The molecule has 0 aromatic heterocycles. The summed E-state index contributed by atoms with van der Waals surface area (Å²) >= 11 is 5.13. The third kappa shape index (κ3) is 1.87. The van der Waals surface area contributed by atoms with Gasteiger partial charge in [0.25, 0.3) is 0 Å². The highest BCUT2D eigenvalue weighted by Gasteiger charge is 2.11. The quantitative estimate of drug-likeness (QED) is 0.804. The Morgan fingerprint density at radius 3 is 2.38 bits per heavy atom. The zero-order valence-electron chi connectivity index (χ0n) is 8.09. The van der Waals surface area contributed by atoms with Gasteiger partial charge in [0.15, 0.2) is 0 Å². The molecule has 80 valence electrons. The Hall–Kier alpha value is -1.94. The van der Waals surface area contributed by atoms with Gasteiger partial charge < -0.3 is 5.11 Å². The molecule has 0 bridgehead atoms. The molecule has 4 nitrogen and oxygen atoms in total. The second-order valence-corrected chi connectivity index (χ2v) is 3.35. The van der Waals surface area contributed by atoms with Gasteiger partial charge in [-0.05, 0) is 22.9 Å². The van der Waals surface area contributed by atoms with Crippen molar-refractivity contribution in [3.8, 4) is 0 Å². The minimum atomic E-state index is -1.05. The summed E-state index contributed by atoms with van der Waals surface area (Å²) in [6.07, 6.45) is 0. The lowest BCUT2D eigenvalue weighted by atomic mass is 10.1. The number of hydrogen-bond donors (Lipinski definition) is 1. The summed E-state index contributed by atoms with van der Waals surface area (Å²) in [6.45, 7) is 0. The van der Waals surface area contributed by atoms with E-state index < -0.39 is 5.97 Å². The Kier molecular flexibility index (Phi) is 2.83. The molecule has 16 heavy (non-hydrogen) atoms. The van der Waals surface area contributed by atoms with Crippen molar-refractivity contribution in [2.24, 2.45) is 9.75 Å². The van der Waals surface area contributed by atoms with Crippen LogP contribution in [0, 0.1) is 0 Å². The molecule has 0 spiro atoms. The normalized spacial score (nSPS) is 11.1. The Morgan fingerprint density at radius 1 is 1.19 bits per heavy atom. The molecule has 0 saturated carbocycles. The maximum atomic E-state index is 11.0. The minimum absolute atomic E-state index is 0.0862. The molecule has 2 aromatic carbocycles. The molecule has 0 saturated heterocycles. The van der Waals surface area contributed by atoms with E-state index in [4.69, 9.17) is 16.9 Å². The lowest BCUT2D eigenvalue weighted by molar-refractivity contribution is 0.0698. The molecule has 1 N–H and O–H groups in total. The molecule has 0 radical (unpaired) electrons. The Balaban J connectivity index is 2.75. The number of hydrogen-bond acceptors (Lipinski definition) is 3. The molecule has 0 aliphatic carbocycles. The maximum absolute atomic E-state index is 11.0. The van der Waals surface area contributed by atoms with Crippen LogP contribution in [0.25, 0.3) is 10.8 Å². The molecule has 0 amide bonds. The smallest absolute Gasteiger partial charge is 0.337 e. The summed E-state index contributed by atoms with van der Waals surface area (Å²) in [5, 5.41) is 14.3. The number of fused-ring (bicyclic) bond motifs is 1. The van der Waals surface area contributed by atoms with E-state index in [0.29, 0.717) is 0 Å². The topological polar surface area (TPSA) is 62.0 Å². The molecule has 0 aliphatic rings. The van der Waals surface area contributed by atoms with E-state index in [1.54, 1.807) is 12.1 Å². The number of carbonyl (C=O) groups is 1. The molecular formula is C11H7ClN2O2. The van der Waals surface area contributed by atoms with Crippen molar-refractivity contribution < 1.29 is 9.90 Å². The molecule has 0 atom stereocenters. The summed E-state index contributed by atoms with van der Waals surface area (Å²) in [5.41, 5.74) is 0.337. The zero-order valence-corrected chi connectivity index (χ0v) is 8.85. The first-order valence-corrected chi connectivity index (χ1v) is 4.84. The highest BCUT2D eigenvalue weighted by atomic mass is 35.5. The minimum Gasteiger partial charge on any atom is -0.478 e. The van der Waals surface area contributed by atoms with E-state index in [2.05, 4.69) is 9.75 Å². The maximum Gasteiger partial charge on any atom is 0.337 e. The van der Waals surface area contributed by atoms with Crippen molar-refractivity contribution in [1.82, 2.24) is 0 Å². The highest BCUT2D eigenvalue weighted by Crippen LogP contribution is 2.26. The van der Waals surface area contributed by atoms with Gasteiger partial charge in [-0.25, -0.2) is 4.79 Å². The standard InChI is InChI=1S/C11H7ClN2O2/c12-14-13-10-6-8-4-2-1-3-7(8)5-9(10)11(15)16/h1-6H,(H,15,16). The number of carboxylic acid groups (broad SMARTS) is 1. The third-order valence-corrected chi connectivity index (χ3v) is 2.32. The highest BCUT2D eigenvalue weighted by molar-refractivity contribution is 6.14. The van der Waals surface area contributed by atoms with Crippen LogP contribution < -0.4 is 0 Å². The van der Waals surface area contributed by atoms with Crippen LogP contribution in [0.5, 0.6) is 0 Å². The van der Waals surface area contributed by atoms with Crippen LogP contribution in [0.2, 0.25) is 0 Å². The third-order valence-electron chi connectivity index (χ3n) is 2.24. The first-order valence-electron chi connectivity index (χ1n) is 4.50. The molecular weight excluding hydrogens is 228 g/mol. The van der Waals surface area contributed by atoms with Gasteiger partial charge in [-0.1, -0.05) is 28.9 Å². The van der Waals surface area contributed by atoms with Crippen LogP contribution in [-0.2, 0) is 0 Å². The SMILES string of the molecule is O=C(O)c1cc2ccccc2cc1N=NCl. The van der Waals surface area contributed by atoms with Gasteiger partial charge in [-0.3, -0.25) is 0 Å². The fourth-order valence-electron chi connectivity index (χ4n) is 1.52.